The molecular weight excluding hydrogens is 166 g/mol. The predicted octanol–water partition coefficient (Wildman–Crippen LogP) is 1.97. The Morgan fingerprint density at radius 3 is 2.69 bits per heavy atom. The summed E-state index contributed by atoms with van der Waals surface area (Å²) in [6, 6.07) is 9.72. The van der Waals surface area contributed by atoms with Gasteiger partial charge in [0, 0.05) is 6.54 Å². The molecule has 0 aliphatic rings. The van der Waals surface area contributed by atoms with Gasteiger partial charge in [0.15, 0.2) is 0 Å². The molecular formula is C10H11NO2. The van der Waals surface area contributed by atoms with Crippen molar-refractivity contribution in [3.8, 4) is 0 Å². The molecule has 0 heterocycles. The van der Waals surface area contributed by atoms with Gasteiger partial charge in [-0.15, -0.1) is 0 Å². The number of benzene rings is 1. The van der Waals surface area contributed by atoms with E-state index in [1.807, 2.05) is 36.4 Å². The van der Waals surface area contributed by atoms with Crippen LogP contribution in [0.4, 0.5) is 4.79 Å². The molecule has 1 aromatic carbocycles. The van der Waals surface area contributed by atoms with Gasteiger partial charge in [-0.05, 0) is 5.56 Å². The second-order valence-electron chi connectivity index (χ2n) is 2.50. The largest absolute Gasteiger partial charge is 0.465 e. The fraction of sp³-hybridized carbons (Fsp3) is 0.100. The third kappa shape index (κ3) is 3.96. The average molecular weight is 177 g/mol. The zero-order valence-corrected chi connectivity index (χ0v) is 7.10. The topological polar surface area (TPSA) is 49.3 Å². The number of carbonyl (C=O) groups is 1. The second-order valence-corrected chi connectivity index (χ2v) is 2.50. The third-order valence-corrected chi connectivity index (χ3v) is 1.48. The van der Waals surface area contributed by atoms with E-state index in [-0.39, 0.29) is 0 Å². The van der Waals surface area contributed by atoms with Gasteiger partial charge in [-0.2, -0.15) is 0 Å². The van der Waals surface area contributed by atoms with Crippen LogP contribution >= 0.6 is 0 Å². The van der Waals surface area contributed by atoms with Crippen molar-refractivity contribution in [2.75, 3.05) is 6.54 Å². The maximum atomic E-state index is 10.1. The van der Waals surface area contributed by atoms with Crippen LogP contribution in [-0.2, 0) is 0 Å². The number of nitrogens with one attached hydrogen (secondary N) is 1. The summed E-state index contributed by atoms with van der Waals surface area (Å²) < 4.78 is 0. The molecule has 3 nitrogen and oxygen atoms in total. The van der Waals surface area contributed by atoms with E-state index in [9.17, 15) is 4.79 Å². The fourth-order valence-corrected chi connectivity index (χ4v) is 0.905. The summed E-state index contributed by atoms with van der Waals surface area (Å²) in [7, 11) is 0. The van der Waals surface area contributed by atoms with Gasteiger partial charge in [-0.1, -0.05) is 42.5 Å². The summed E-state index contributed by atoms with van der Waals surface area (Å²) in [4.78, 5) is 10.1. The Balaban J connectivity index is 2.37. The molecule has 68 valence electrons. The van der Waals surface area contributed by atoms with E-state index in [2.05, 4.69) is 5.32 Å². The van der Waals surface area contributed by atoms with Crippen molar-refractivity contribution in [3.05, 3.63) is 42.0 Å². The Morgan fingerprint density at radius 1 is 1.38 bits per heavy atom. The minimum absolute atomic E-state index is 0.338. The van der Waals surface area contributed by atoms with Crippen LogP contribution in [0.1, 0.15) is 5.56 Å². The average Bonchev–Trinajstić information content (AvgIpc) is 2.14. The molecule has 0 saturated carbocycles. The number of hydrogen-bond donors (Lipinski definition) is 2. The maximum Gasteiger partial charge on any atom is 0.404 e. The molecule has 3 heteroatoms. The van der Waals surface area contributed by atoms with Gasteiger partial charge in [0.25, 0.3) is 0 Å². The van der Waals surface area contributed by atoms with E-state index in [0.29, 0.717) is 6.54 Å². The van der Waals surface area contributed by atoms with Gasteiger partial charge in [0.05, 0.1) is 0 Å². The van der Waals surface area contributed by atoms with Gasteiger partial charge in [0.2, 0.25) is 0 Å². The third-order valence-electron chi connectivity index (χ3n) is 1.48. The number of amides is 1. The molecule has 1 aromatic rings. The lowest BCUT2D eigenvalue weighted by atomic mass is 10.2. The van der Waals surface area contributed by atoms with Gasteiger partial charge in [0.1, 0.15) is 0 Å². The first-order valence-corrected chi connectivity index (χ1v) is 3.97. The summed E-state index contributed by atoms with van der Waals surface area (Å²) in [6.45, 7) is 0.338. The van der Waals surface area contributed by atoms with Crippen molar-refractivity contribution in [2.24, 2.45) is 0 Å². The Bertz CT molecular complexity index is 293. The van der Waals surface area contributed by atoms with Crippen molar-refractivity contribution in [1.82, 2.24) is 5.32 Å². The lowest BCUT2D eigenvalue weighted by molar-refractivity contribution is 0.195. The SMILES string of the molecule is O=C(O)NC/C=C/c1ccccc1. The molecule has 0 aromatic heterocycles. The number of carboxylic acid groups (broad SMARTS) is 1. The molecule has 0 spiro atoms. The Kier molecular flexibility index (Phi) is 3.57. The number of rotatable bonds is 3. The first-order chi connectivity index (χ1) is 6.29. The van der Waals surface area contributed by atoms with E-state index in [0.717, 1.165) is 5.56 Å². The lowest BCUT2D eigenvalue weighted by Crippen LogP contribution is -2.20. The Morgan fingerprint density at radius 2 is 2.08 bits per heavy atom. The molecule has 0 aliphatic heterocycles. The van der Waals surface area contributed by atoms with Crippen LogP contribution in [0.2, 0.25) is 0 Å². The highest BCUT2D eigenvalue weighted by Gasteiger charge is 1.87. The highest BCUT2D eigenvalue weighted by molar-refractivity contribution is 5.64. The van der Waals surface area contributed by atoms with Crippen LogP contribution in [0.3, 0.4) is 0 Å². The first kappa shape index (κ1) is 9.32. The standard InChI is InChI=1S/C10H11NO2/c12-10(13)11-8-4-7-9-5-2-1-3-6-9/h1-7,11H,8H2,(H,12,13)/b7-4+. The molecule has 0 radical (unpaired) electrons. The van der Waals surface area contributed by atoms with Crippen LogP contribution in [-0.4, -0.2) is 17.7 Å². The zero-order valence-electron chi connectivity index (χ0n) is 7.10. The molecule has 0 atom stereocenters. The highest BCUT2D eigenvalue weighted by Crippen LogP contribution is 1.99. The molecule has 1 rings (SSSR count). The van der Waals surface area contributed by atoms with Crippen molar-refractivity contribution in [2.45, 2.75) is 0 Å². The lowest BCUT2D eigenvalue weighted by Gasteiger charge is -1.93. The minimum atomic E-state index is -1.00. The quantitative estimate of drug-likeness (QED) is 0.741. The van der Waals surface area contributed by atoms with E-state index in [1.165, 1.54) is 0 Å². The van der Waals surface area contributed by atoms with Crippen LogP contribution in [0.25, 0.3) is 6.08 Å². The van der Waals surface area contributed by atoms with Crippen molar-refractivity contribution in [3.63, 3.8) is 0 Å². The summed E-state index contributed by atoms with van der Waals surface area (Å²) in [5.74, 6) is 0. The van der Waals surface area contributed by atoms with Crippen molar-refractivity contribution in [1.29, 1.82) is 0 Å². The van der Waals surface area contributed by atoms with E-state index in [1.54, 1.807) is 6.08 Å². The summed E-state index contributed by atoms with van der Waals surface area (Å²) in [6.07, 6.45) is 2.64. The molecule has 1 amide bonds. The van der Waals surface area contributed by atoms with Crippen LogP contribution < -0.4 is 5.32 Å². The molecule has 0 bridgehead atoms. The smallest absolute Gasteiger partial charge is 0.404 e. The first-order valence-electron chi connectivity index (χ1n) is 3.97. The van der Waals surface area contributed by atoms with E-state index >= 15 is 0 Å². The predicted molar refractivity (Wildman–Crippen MR) is 51.5 cm³/mol. The van der Waals surface area contributed by atoms with Crippen LogP contribution in [0.5, 0.6) is 0 Å². The Hall–Kier alpha value is -1.77. The molecule has 0 unspecified atom stereocenters. The van der Waals surface area contributed by atoms with Gasteiger partial charge < -0.3 is 10.4 Å². The summed E-state index contributed by atoms with van der Waals surface area (Å²) in [5.41, 5.74) is 1.06. The normalized spacial score (nSPS) is 10.2. The van der Waals surface area contributed by atoms with Crippen LogP contribution in [0, 0.1) is 0 Å². The molecule has 0 aliphatic carbocycles. The van der Waals surface area contributed by atoms with E-state index in [4.69, 9.17) is 5.11 Å². The summed E-state index contributed by atoms with van der Waals surface area (Å²) in [5, 5.41) is 10.5. The second kappa shape index (κ2) is 4.98. The van der Waals surface area contributed by atoms with E-state index < -0.39 is 6.09 Å². The van der Waals surface area contributed by atoms with Gasteiger partial charge in [-0.25, -0.2) is 4.79 Å². The Labute approximate surface area is 76.7 Å². The number of hydrogen-bond acceptors (Lipinski definition) is 1. The zero-order chi connectivity index (χ0) is 9.52. The minimum Gasteiger partial charge on any atom is -0.465 e. The van der Waals surface area contributed by atoms with Crippen molar-refractivity contribution < 1.29 is 9.90 Å². The molecule has 0 saturated heterocycles. The van der Waals surface area contributed by atoms with Crippen molar-refractivity contribution >= 4 is 12.2 Å². The van der Waals surface area contributed by atoms with Gasteiger partial charge in [-0.3, -0.25) is 0 Å². The van der Waals surface area contributed by atoms with Crippen LogP contribution in [0.15, 0.2) is 36.4 Å². The highest BCUT2D eigenvalue weighted by atomic mass is 16.4. The molecule has 2 N–H and O–H groups in total. The molecule has 13 heavy (non-hydrogen) atoms. The monoisotopic (exact) mass is 177 g/mol. The summed E-state index contributed by atoms with van der Waals surface area (Å²) >= 11 is 0. The fourth-order valence-electron chi connectivity index (χ4n) is 0.905. The van der Waals surface area contributed by atoms with Gasteiger partial charge >= 0.3 is 6.09 Å². The molecule has 0 fully saturated rings. The maximum absolute atomic E-state index is 10.1.